The van der Waals surface area contributed by atoms with E-state index in [1.165, 1.54) is 0 Å². The summed E-state index contributed by atoms with van der Waals surface area (Å²) in [6, 6.07) is 3.36. The fourth-order valence-corrected chi connectivity index (χ4v) is 2.99. The molecule has 0 amide bonds. The van der Waals surface area contributed by atoms with E-state index in [0.717, 1.165) is 18.2 Å². The fourth-order valence-electron chi connectivity index (χ4n) is 1.78. The van der Waals surface area contributed by atoms with Crippen LogP contribution in [0.1, 0.15) is 0 Å². The Hall–Kier alpha value is -1.88. The maximum Gasteiger partial charge on any atom is 0.295 e. The van der Waals surface area contributed by atoms with Gasteiger partial charge in [0, 0.05) is 16.8 Å². The summed E-state index contributed by atoms with van der Waals surface area (Å²) < 4.78 is 62.6. The Balaban J connectivity index is 3.08. The first kappa shape index (κ1) is 14.5. The Morgan fingerprint density at radius 2 is 1.55 bits per heavy atom. The van der Waals surface area contributed by atoms with Crippen LogP contribution in [0.15, 0.2) is 34.1 Å². The molecule has 0 aliphatic heterocycles. The molecule has 0 spiro atoms. The van der Waals surface area contributed by atoms with E-state index in [2.05, 4.69) is 0 Å². The van der Waals surface area contributed by atoms with Crippen LogP contribution in [0.3, 0.4) is 0 Å². The number of hydrogen-bond donors (Lipinski definition) is 3. The first-order valence-electron chi connectivity index (χ1n) is 4.98. The lowest BCUT2D eigenvalue weighted by Crippen LogP contribution is -2.02. The van der Waals surface area contributed by atoms with E-state index in [1.807, 2.05) is 0 Å². The van der Waals surface area contributed by atoms with Crippen LogP contribution < -0.4 is 5.73 Å². The molecular formula is C10H8NO7S2. The summed E-state index contributed by atoms with van der Waals surface area (Å²) in [5.74, 6) is -0.703. The van der Waals surface area contributed by atoms with Crippen molar-refractivity contribution in [2.45, 2.75) is 9.79 Å². The van der Waals surface area contributed by atoms with Gasteiger partial charge in [0.2, 0.25) is 0 Å². The predicted molar refractivity (Wildman–Crippen MR) is 68.0 cm³/mol. The molecule has 0 saturated carbocycles. The van der Waals surface area contributed by atoms with E-state index in [1.54, 1.807) is 0 Å². The van der Waals surface area contributed by atoms with Gasteiger partial charge in [-0.15, -0.1) is 0 Å². The molecule has 2 aromatic rings. The topological polar surface area (TPSA) is 153 Å². The summed E-state index contributed by atoms with van der Waals surface area (Å²) in [6.07, 6.45) is 0. The maximum atomic E-state index is 11.2. The molecule has 0 saturated heterocycles. The third-order valence-corrected chi connectivity index (χ3v) is 4.35. The average Bonchev–Trinajstić information content (AvgIpc) is 2.25. The second-order valence-electron chi connectivity index (χ2n) is 3.93. The van der Waals surface area contributed by atoms with Crippen LogP contribution in [0.2, 0.25) is 0 Å². The Labute approximate surface area is 114 Å². The smallest absolute Gasteiger partial charge is 0.295 e. The van der Waals surface area contributed by atoms with Gasteiger partial charge in [-0.25, -0.2) is 0 Å². The minimum absolute atomic E-state index is 0.257. The Morgan fingerprint density at radius 1 is 0.950 bits per heavy atom. The van der Waals surface area contributed by atoms with Crippen molar-refractivity contribution in [1.82, 2.24) is 5.73 Å². The molecule has 0 heterocycles. The number of hydrogen-bond acceptors (Lipinski definition) is 5. The normalized spacial score (nSPS) is 12.7. The zero-order valence-corrected chi connectivity index (χ0v) is 11.2. The highest BCUT2D eigenvalue weighted by Gasteiger charge is 2.21. The Kier molecular flexibility index (Phi) is 3.13. The molecule has 4 N–H and O–H groups in total. The number of phenolic OH excluding ortho intramolecular Hbond substituents is 1. The van der Waals surface area contributed by atoms with Crippen molar-refractivity contribution in [2.24, 2.45) is 0 Å². The molecule has 1 radical (unpaired) electrons. The first-order chi connectivity index (χ1) is 9.01. The van der Waals surface area contributed by atoms with Gasteiger partial charge in [-0.3, -0.25) is 9.11 Å². The minimum Gasteiger partial charge on any atom is -0.507 e. The predicted octanol–water partition coefficient (Wildman–Crippen LogP) is 0.953. The second kappa shape index (κ2) is 4.31. The molecule has 0 unspecified atom stereocenters. The molecule has 0 bridgehead atoms. The third-order valence-electron chi connectivity index (χ3n) is 2.60. The van der Waals surface area contributed by atoms with Crippen LogP contribution in [0.25, 0.3) is 10.8 Å². The van der Waals surface area contributed by atoms with Crippen LogP contribution in [0.5, 0.6) is 5.75 Å². The summed E-state index contributed by atoms with van der Waals surface area (Å²) in [5.41, 5.74) is 7.31. The third kappa shape index (κ3) is 2.41. The second-order valence-corrected chi connectivity index (χ2v) is 6.74. The van der Waals surface area contributed by atoms with Crippen molar-refractivity contribution >= 4 is 36.7 Å². The highest BCUT2D eigenvalue weighted by Crippen LogP contribution is 2.37. The van der Waals surface area contributed by atoms with Gasteiger partial charge < -0.3 is 10.8 Å². The van der Waals surface area contributed by atoms with Crippen molar-refractivity contribution in [1.29, 1.82) is 0 Å². The minimum atomic E-state index is -4.70. The van der Waals surface area contributed by atoms with Crippen molar-refractivity contribution < 1.29 is 31.0 Å². The van der Waals surface area contributed by atoms with Gasteiger partial charge in [-0.05, 0) is 18.2 Å². The lowest BCUT2D eigenvalue weighted by molar-refractivity contribution is 0.470. The molecule has 107 valence electrons. The molecule has 0 atom stereocenters. The largest absolute Gasteiger partial charge is 0.507 e. The van der Waals surface area contributed by atoms with Gasteiger partial charge in [0.25, 0.3) is 20.2 Å². The van der Waals surface area contributed by atoms with E-state index < -0.39 is 35.8 Å². The standard InChI is InChI=1S/C10H8NO7S2/c11-7-1-2-9(20(16,17)18)6-3-5(19(13,14)15)4-8(12)10(6)7/h1-4,11-12H,(H,13,14,15)(H,16,17,18). The van der Waals surface area contributed by atoms with Crippen LogP contribution in [0.4, 0.5) is 5.69 Å². The molecule has 0 aliphatic carbocycles. The van der Waals surface area contributed by atoms with Crippen molar-refractivity contribution in [3.63, 3.8) is 0 Å². The lowest BCUT2D eigenvalue weighted by atomic mass is 10.1. The van der Waals surface area contributed by atoms with Crippen LogP contribution >= 0.6 is 0 Å². The van der Waals surface area contributed by atoms with Crippen LogP contribution in [-0.4, -0.2) is 31.0 Å². The molecular weight excluding hydrogens is 310 g/mol. The van der Waals surface area contributed by atoms with Crippen molar-refractivity contribution in [3.8, 4) is 5.75 Å². The van der Waals surface area contributed by atoms with Gasteiger partial charge in [-0.1, -0.05) is 0 Å². The summed E-state index contributed by atoms with van der Waals surface area (Å²) >= 11 is 0. The number of rotatable bonds is 2. The zero-order chi connectivity index (χ0) is 15.3. The molecule has 0 aliphatic rings. The van der Waals surface area contributed by atoms with Gasteiger partial charge in [0.05, 0.1) is 10.6 Å². The summed E-state index contributed by atoms with van der Waals surface area (Å²) in [5, 5.41) is 9.08. The highest BCUT2D eigenvalue weighted by molar-refractivity contribution is 7.86. The number of phenols is 1. The van der Waals surface area contributed by atoms with Crippen molar-refractivity contribution in [3.05, 3.63) is 24.3 Å². The summed E-state index contributed by atoms with van der Waals surface area (Å²) in [6.45, 7) is 0. The summed E-state index contributed by atoms with van der Waals surface area (Å²) in [4.78, 5) is -1.43. The van der Waals surface area contributed by atoms with Gasteiger partial charge >= 0.3 is 0 Å². The van der Waals surface area contributed by atoms with E-state index in [9.17, 15) is 21.9 Å². The molecule has 2 aromatic carbocycles. The van der Waals surface area contributed by atoms with Crippen molar-refractivity contribution in [2.75, 3.05) is 0 Å². The SMILES string of the molecule is [NH]c1ccc(S(=O)(=O)O)c2cc(S(=O)(=O)O)cc(O)c12. The van der Waals surface area contributed by atoms with Crippen LogP contribution in [0, 0.1) is 0 Å². The Morgan fingerprint density at radius 3 is 2.05 bits per heavy atom. The number of benzene rings is 2. The molecule has 0 fully saturated rings. The molecule has 20 heavy (non-hydrogen) atoms. The van der Waals surface area contributed by atoms with E-state index in [4.69, 9.17) is 14.8 Å². The first-order valence-corrected chi connectivity index (χ1v) is 7.86. The van der Waals surface area contributed by atoms with E-state index in [0.29, 0.717) is 6.07 Å². The molecule has 8 nitrogen and oxygen atoms in total. The summed E-state index contributed by atoms with van der Waals surface area (Å²) in [7, 11) is -9.39. The maximum absolute atomic E-state index is 11.2. The molecule has 0 aromatic heterocycles. The zero-order valence-electron chi connectivity index (χ0n) is 9.60. The fraction of sp³-hybridized carbons (Fsp3) is 0. The van der Waals surface area contributed by atoms with Crippen LogP contribution in [-0.2, 0) is 20.2 Å². The van der Waals surface area contributed by atoms with Gasteiger partial charge in [-0.2, -0.15) is 16.8 Å². The highest BCUT2D eigenvalue weighted by atomic mass is 32.2. The molecule has 2 rings (SSSR count). The number of fused-ring (bicyclic) bond motifs is 1. The molecule has 10 heteroatoms. The lowest BCUT2D eigenvalue weighted by Gasteiger charge is -2.09. The van der Waals surface area contributed by atoms with Gasteiger partial charge in [0.1, 0.15) is 10.6 Å². The average molecular weight is 318 g/mol. The van der Waals surface area contributed by atoms with Gasteiger partial charge in [0.15, 0.2) is 0 Å². The van der Waals surface area contributed by atoms with E-state index in [-0.39, 0.29) is 16.5 Å². The van der Waals surface area contributed by atoms with E-state index >= 15 is 0 Å². The quantitative estimate of drug-likeness (QED) is 0.697. The monoisotopic (exact) mass is 318 g/mol. The Bertz CT molecular complexity index is 916. The number of nitrogens with one attached hydrogen (secondary N) is 1. The number of aromatic hydroxyl groups is 1.